The summed E-state index contributed by atoms with van der Waals surface area (Å²) in [6.07, 6.45) is 3.61. The van der Waals surface area contributed by atoms with E-state index in [-0.39, 0.29) is 25.2 Å². The van der Waals surface area contributed by atoms with Gasteiger partial charge in [-0.2, -0.15) is 5.10 Å². The summed E-state index contributed by atoms with van der Waals surface area (Å²) >= 11 is 0. The lowest BCUT2D eigenvalue weighted by Gasteiger charge is -2.33. The van der Waals surface area contributed by atoms with E-state index >= 15 is 0 Å². The zero-order chi connectivity index (χ0) is 27.7. The topological polar surface area (TPSA) is 140 Å². The fourth-order valence-electron chi connectivity index (χ4n) is 5.02. The lowest BCUT2D eigenvalue weighted by atomic mass is 9.97. The third-order valence-electron chi connectivity index (χ3n) is 6.97. The summed E-state index contributed by atoms with van der Waals surface area (Å²) in [4.78, 5) is 30.8. The monoisotopic (exact) mass is 541 g/mol. The van der Waals surface area contributed by atoms with Crippen molar-refractivity contribution in [1.29, 1.82) is 0 Å². The number of nitrogens with two attached hydrogens (primary N) is 1. The molecule has 1 atom stereocenters. The number of nitrogens with zero attached hydrogens (tertiary/aromatic N) is 3. The number of carbonyl (C=O) groups excluding carboxylic acids is 2. The summed E-state index contributed by atoms with van der Waals surface area (Å²) in [5, 5.41) is 7.70. The number of ether oxygens (including phenoxy) is 4. The fourth-order valence-corrected chi connectivity index (χ4v) is 5.02. The Kier molecular flexibility index (Phi) is 6.66. The number of nitrogens with one attached hydrogen (secondary N) is 1. The molecule has 2 aliphatic heterocycles. The quantitative estimate of drug-likeness (QED) is 0.347. The summed E-state index contributed by atoms with van der Waals surface area (Å²) in [5.41, 5.74) is 9.18. The molecule has 2 aliphatic rings. The molecular formula is C29H27N5O6. The maximum atomic E-state index is 13.8. The number of methoxy groups -OCH3 is 1. The second kappa shape index (κ2) is 10.4. The SMILES string of the molecule is COc1ccc2c(c1)-c1nn(-c3ncccc3C(=O)NC(Cc3ccccc3)C3(C(N)=O)OCCO3)cc1CO2. The summed E-state index contributed by atoms with van der Waals surface area (Å²) in [6.45, 7) is 0.669. The van der Waals surface area contributed by atoms with E-state index in [1.54, 1.807) is 36.3 Å². The van der Waals surface area contributed by atoms with Crippen LogP contribution >= 0.6 is 0 Å². The number of rotatable bonds is 8. The predicted molar refractivity (Wildman–Crippen MR) is 143 cm³/mol. The highest BCUT2D eigenvalue weighted by Gasteiger charge is 2.51. The maximum Gasteiger partial charge on any atom is 0.280 e. The fraction of sp³-hybridized carbons (Fsp3) is 0.241. The lowest BCUT2D eigenvalue weighted by molar-refractivity contribution is -0.189. The number of fused-ring (bicyclic) bond motifs is 3. The third kappa shape index (κ3) is 4.55. The zero-order valence-corrected chi connectivity index (χ0v) is 21.7. The van der Waals surface area contributed by atoms with Gasteiger partial charge in [-0.15, -0.1) is 0 Å². The molecule has 11 nitrogen and oxygen atoms in total. The third-order valence-corrected chi connectivity index (χ3v) is 6.97. The van der Waals surface area contributed by atoms with Gasteiger partial charge in [0.1, 0.15) is 23.8 Å². The molecule has 40 heavy (non-hydrogen) atoms. The molecule has 0 aliphatic carbocycles. The van der Waals surface area contributed by atoms with Crippen molar-refractivity contribution in [1.82, 2.24) is 20.1 Å². The van der Waals surface area contributed by atoms with Gasteiger partial charge in [0, 0.05) is 23.5 Å². The molecule has 11 heteroatoms. The summed E-state index contributed by atoms with van der Waals surface area (Å²) in [6, 6.07) is 17.3. The molecule has 2 amide bonds. The molecule has 1 fully saturated rings. The number of primary amides is 1. The molecule has 6 rings (SSSR count). The summed E-state index contributed by atoms with van der Waals surface area (Å²) in [5.74, 6) is -1.44. The number of aromatic nitrogens is 3. The van der Waals surface area contributed by atoms with Gasteiger partial charge in [-0.25, -0.2) is 9.67 Å². The van der Waals surface area contributed by atoms with E-state index in [0.717, 1.165) is 16.7 Å². The molecule has 2 aromatic heterocycles. The highest BCUT2D eigenvalue weighted by molar-refractivity contribution is 5.98. The van der Waals surface area contributed by atoms with E-state index in [2.05, 4.69) is 10.3 Å². The summed E-state index contributed by atoms with van der Waals surface area (Å²) in [7, 11) is 1.60. The Balaban J connectivity index is 1.35. The molecule has 0 radical (unpaired) electrons. The Bertz CT molecular complexity index is 1560. The zero-order valence-electron chi connectivity index (χ0n) is 21.7. The Hall–Kier alpha value is -4.74. The van der Waals surface area contributed by atoms with Gasteiger partial charge >= 0.3 is 0 Å². The molecule has 0 bridgehead atoms. The van der Waals surface area contributed by atoms with Crippen molar-refractivity contribution in [3.63, 3.8) is 0 Å². The van der Waals surface area contributed by atoms with Crippen molar-refractivity contribution in [2.24, 2.45) is 5.73 Å². The van der Waals surface area contributed by atoms with Gasteiger partial charge in [0.25, 0.3) is 17.6 Å². The van der Waals surface area contributed by atoms with Gasteiger partial charge in [0.15, 0.2) is 5.82 Å². The van der Waals surface area contributed by atoms with E-state index in [0.29, 0.717) is 29.6 Å². The average molecular weight is 542 g/mol. The van der Waals surface area contributed by atoms with Crippen LogP contribution in [0, 0.1) is 0 Å². The number of hydrogen-bond donors (Lipinski definition) is 2. The minimum absolute atomic E-state index is 0.176. The largest absolute Gasteiger partial charge is 0.497 e. The standard InChI is InChI=1S/C29H27N5O6/c1-37-20-9-10-23-22(15-20)25-19(17-38-23)16-34(33-25)26-21(8-5-11-31-26)27(35)32-24(14-18-6-3-2-4-7-18)29(28(30)36)39-12-13-40-29/h2-11,15-16,24H,12-14,17H2,1H3,(H2,30,36)(H,32,35). The van der Waals surface area contributed by atoms with Crippen LogP contribution in [0.2, 0.25) is 0 Å². The van der Waals surface area contributed by atoms with E-state index in [9.17, 15) is 9.59 Å². The van der Waals surface area contributed by atoms with Crippen molar-refractivity contribution in [2.45, 2.75) is 24.9 Å². The second-order valence-corrected chi connectivity index (χ2v) is 9.42. The Morgan fingerprint density at radius 2 is 1.93 bits per heavy atom. The molecule has 1 saturated heterocycles. The van der Waals surface area contributed by atoms with E-state index < -0.39 is 23.6 Å². The number of pyridine rings is 1. The number of carbonyl (C=O) groups is 2. The maximum absolute atomic E-state index is 13.8. The molecule has 2 aromatic carbocycles. The number of amides is 2. The van der Waals surface area contributed by atoms with Gasteiger partial charge < -0.3 is 30.0 Å². The van der Waals surface area contributed by atoms with Crippen molar-refractivity contribution in [3.8, 4) is 28.6 Å². The van der Waals surface area contributed by atoms with Gasteiger partial charge in [0.05, 0.1) is 31.9 Å². The highest BCUT2D eigenvalue weighted by atomic mass is 16.7. The minimum atomic E-state index is -1.81. The smallest absolute Gasteiger partial charge is 0.280 e. The van der Waals surface area contributed by atoms with Crippen LogP contribution in [0.5, 0.6) is 11.5 Å². The van der Waals surface area contributed by atoms with Crippen LogP contribution in [0.4, 0.5) is 0 Å². The first-order valence-corrected chi connectivity index (χ1v) is 12.8. The first-order valence-electron chi connectivity index (χ1n) is 12.8. The van der Waals surface area contributed by atoms with Crippen LogP contribution in [-0.4, -0.2) is 58.7 Å². The van der Waals surface area contributed by atoms with Gasteiger partial charge in [-0.3, -0.25) is 9.59 Å². The molecule has 4 heterocycles. The average Bonchev–Trinajstić information content (AvgIpc) is 3.66. The van der Waals surface area contributed by atoms with Crippen LogP contribution in [0.1, 0.15) is 21.5 Å². The molecule has 4 aromatic rings. The minimum Gasteiger partial charge on any atom is -0.497 e. The van der Waals surface area contributed by atoms with Crippen molar-refractivity contribution < 1.29 is 28.5 Å². The van der Waals surface area contributed by atoms with E-state index in [1.165, 1.54) is 0 Å². The Morgan fingerprint density at radius 3 is 2.67 bits per heavy atom. The molecule has 3 N–H and O–H groups in total. The first-order chi connectivity index (χ1) is 19.5. The molecule has 1 unspecified atom stereocenters. The van der Waals surface area contributed by atoms with E-state index in [1.807, 2.05) is 48.5 Å². The second-order valence-electron chi connectivity index (χ2n) is 9.42. The molecule has 0 saturated carbocycles. The van der Waals surface area contributed by atoms with Crippen LogP contribution < -0.4 is 20.5 Å². The predicted octanol–water partition coefficient (Wildman–Crippen LogP) is 2.40. The van der Waals surface area contributed by atoms with Gasteiger partial charge in [-0.1, -0.05) is 30.3 Å². The Labute approximate surface area is 229 Å². The molecule has 204 valence electrons. The van der Waals surface area contributed by atoms with Crippen molar-refractivity contribution in [3.05, 3.63) is 89.7 Å². The molecule has 0 spiro atoms. The first kappa shape index (κ1) is 25.5. The van der Waals surface area contributed by atoms with Gasteiger partial charge in [-0.05, 0) is 42.3 Å². The van der Waals surface area contributed by atoms with Crippen LogP contribution in [0.25, 0.3) is 17.1 Å². The van der Waals surface area contributed by atoms with E-state index in [4.69, 9.17) is 29.8 Å². The number of hydrogen-bond acceptors (Lipinski definition) is 8. The van der Waals surface area contributed by atoms with Crippen LogP contribution in [0.3, 0.4) is 0 Å². The van der Waals surface area contributed by atoms with Crippen molar-refractivity contribution in [2.75, 3.05) is 20.3 Å². The van der Waals surface area contributed by atoms with Crippen LogP contribution in [0.15, 0.2) is 73.1 Å². The Morgan fingerprint density at radius 1 is 1.12 bits per heavy atom. The summed E-state index contributed by atoms with van der Waals surface area (Å²) < 4.78 is 24.3. The van der Waals surface area contributed by atoms with Crippen LogP contribution in [-0.2, 0) is 27.3 Å². The van der Waals surface area contributed by atoms with Gasteiger partial charge in [0.2, 0.25) is 0 Å². The number of benzene rings is 2. The molecular weight excluding hydrogens is 514 g/mol. The lowest BCUT2D eigenvalue weighted by Crippen LogP contribution is -2.61. The highest BCUT2D eigenvalue weighted by Crippen LogP contribution is 2.39. The normalized spacial score (nSPS) is 15.8. The van der Waals surface area contributed by atoms with Crippen molar-refractivity contribution >= 4 is 11.8 Å².